The average Bonchev–Trinajstić information content (AvgIpc) is 4.06. The molecule has 294 valence electrons. The molecule has 0 saturated carbocycles. The molecule has 0 saturated heterocycles. The predicted octanol–water partition coefficient (Wildman–Crippen LogP) is 16.2. The summed E-state index contributed by atoms with van der Waals surface area (Å²) < 4.78 is 25.4. The maximum atomic E-state index is 10.4. The maximum Gasteiger partial charge on any atom is 0.0653 e. The SMILES string of the molecule is [2H]c1c2c3ccc(N(c4ccc(C)cc4)c4ccc(C)cc4)c4c5ccccc5n(c2c([2H])c2c5ccc(N(c6ccc(C)cc6)c6ccc(C)cc6)c6c7ccccc7n(c12)c56)c34. The molecule has 0 atom stereocenters. The number of fused-ring (bicyclic) bond motifs is 12. The first-order valence-corrected chi connectivity index (χ1v) is 21.4. The van der Waals surface area contributed by atoms with Crippen molar-refractivity contribution < 1.29 is 2.74 Å². The van der Waals surface area contributed by atoms with Crippen LogP contribution < -0.4 is 9.80 Å². The van der Waals surface area contributed by atoms with Gasteiger partial charge in [-0.3, -0.25) is 0 Å². The van der Waals surface area contributed by atoms with Crippen molar-refractivity contribution in [1.82, 2.24) is 8.80 Å². The summed E-state index contributed by atoms with van der Waals surface area (Å²) in [6, 6.07) is 61.8. The lowest BCUT2D eigenvalue weighted by Gasteiger charge is -2.27. The van der Waals surface area contributed by atoms with Gasteiger partial charge in [-0.05, 0) is 113 Å². The predicted molar refractivity (Wildman–Crippen MR) is 264 cm³/mol. The fraction of sp³-hybridized carbons (Fsp3) is 0.0690. The molecule has 0 fully saturated rings. The maximum absolute atomic E-state index is 10.4. The van der Waals surface area contributed by atoms with E-state index in [0.717, 1.165) is 110 Å². The number of benzene rings is 9. The van der Waals surface area contributed by atoms with Crippen molar-refractivity contribution >= 4 is 110 Å². The minimum absolute atomic E-state index is 0.436. The Labute approximate surface area is 362 Å². The number of hydrogen-bond donors (Lipinski definition) is 0. The Morgan fingerprint density at radius 1 is 0.323 bits per heavy atom. The lowest BCUT2D eigenvalue weighted by atomic mass is 10.0. The highest BCUT2D eigenvalue weighted by Crippen LogP contribution is 2.51. The highest BCUT2D eigenvalue weighted by atomic mass is 15.2. The lowest BCUT2D eigenvalue weighted by Crippen LogP contribution is -2.10. The van der Waals surface area contributed by atoms with Crippen molar-refractivity contribution in [3.05, 3.63) is 204 Å². The Balaban J connectivity index is 1.15. The van der Waals surface area contributed by atoms with Crippen LogP contribution in [0.25, 0.3) is 76.2 Å². The third-order valence-corrected chi connectivity index (χ3v) is 13.2. The molecule has 9 aromatic carbocycles. The number of anilines is 6. The van der Waals surface area contributed by atoms with Gasteiger partial charge in [-0.1, -0.05) is 119 Å². The van der Waals surface area contributed by atoms with Gasteiger partial charge in [-0.15, -0.1) is 0 Å². The quantitative estimate of drug-likeness (QED) is 0.167. The Hall–Kier alpha value is -7.82. The molecule has 0 bridgehead atoms. The van der Waals surface area contributed by atoms with E-state index in [-0.39, 0.29) is 0 Å². The Bertz CT molecular complexity index is 3640. The monoisotopic (exact) mass is 796 g/mol. The van der Waals surface area contributed by atoms with Crippen molar-refractivity contribution in [2.24, 2.45) is 0 Å². The van der Waals surface area contributed by atoms with Gasteiger partial charge >= 0.3 is 0 Å². The van der Waals surface area contributed by atoms with Crippen molar-refractivity contribution in [2.75, 3.05) is 9.80 Å². The fourth-order valence-corrected chi connectivity index (χ4v) is 10.2. The minimum Gasteiger partial charge on any atom is -0.310 e. The molecule has 0 amide bonds. The van der Waals surface area contributed by atoms with Gasteiger partial charge in [0, 0.05) is 65.8 Å². The summed E-state index contributed by atoms with van der Waals surface area (Å²) >= 11 is 0. The molecule has 13 aromatic rings. The van der Waals surface area contributed by atoms with Gasteiger partial charge in [0.1, 0.15) is 0 Å². The van der Waals surface area contributed by atoms with E-state index >= 15 is 0 Å². The molecule has 4 heteroatoms. The third-order valence-electron chi connectivity index (χ3n) is 13.2. The summed E-state index contributed by atoms with van der Waals surface area (Å²) in [5.74, 6) is 0. The lowest BCUT2D eigenvalue weighted by molar-refractivity contribution is 1.28. The molecule has 0 aliphatic rings. The second-order valence-corrected chi connectivity index (χ2v) is 17.1. The van der Waals surface area contributed by atoms with E-state index < -0.39 is 0 Å². The number of nitrogens with zero attached hydrogens (tertiary/aromatic N) is 4. The first-order valence-electron chi connectivity index (χ1n) is 22.4. The van der Waals surface area contributed by atoms with Crippen LogP contribution in [0.3, 0.4) is 0 Å². The van der Waals surface area contributed by atoms with Gasteiger partial charge in [0.15, 0.2) is 0 Å². The van der Waals surface area contributed by atoms with E-state index in [1.807, 2.05) is 0 Å². The zero-order chi connectivity index (χ0) is 43.1. The van der Waals surface area contributed by atoms with E-state index in [4.69, 9.17) is 0 Å². The molecule has 0 unspecified atom stereocenters. The van der Waals surface area contributed by atoms with Crippen LogP contribution in [-0.2, 0) is 0 Å². The average molecular weight is 797 g/mol. The summed E-state index contributed by atoms with van der Waals surface area (Å²) in [6.45, 7) is 8.50. The number of hydrogen-bond acceptors (Lipinski definition) is 2. The van der Waals surface area contributed by atoms with E-state index in [0.29, 0.717) is 12.1 Å². The third kappa shape index (κ3) is 4.83. The molecule has 0 aliphatic heterocycles. The molecule has 4 nitrogen and oxygen atoms in total. The molecule has 0 aliphatic carbocycles. The Kier molecular flexibility index (Phi) is 6.83. The van der Waals surface area contributed by atoms with Gasteiger partial charge in [0.2, 0.25) is 0 Å². The fourth-order valence-electron chi connectivity index (χ4n) is 10.2. The zero-order valence-corrected chi connectivity index (χ0v) is 35.0. The van der Waals surface area contributed by atoms with Crippen molar-refractivity contribution in [3.63, 3.8) is 0 Å². The summed E-state index contributed by atoms with van der Waals surface area (Å²) in [5, 5.41) is 8.02. The van der Waals surface area contributed by atoms with Gasteiger partial charge in [-0.25, -0.2) is 0 Å². The standard InChI is InChI=1S/C58H42N4/c1-35-13-21-39(22-14-35)59(40-23-15-36(2)16-24-40)51-31-29-43-47-33-54-48(34-53(47)61-49-11-7-5-9-45(49)55(51)57(43)61)44-30-32-52(56-46-10-6-8-12-50(46)62(54)58(44)56)60(41-25-17-37(3)18-26-41)42-27-19-38(4)20-28-42/h5-34H,1-4H3/i33D,34D. The second kappa shape index (κ2) is 12.8. The summed E-state index contributed by atoms with van der Waals surface area (Å²) in [5.41, 5.74) is 16.9. The Morgan fingerprint density at radius 2 is 0.645 bits per heavy atom. The largest absolute Gasteiger partial charge is 0.310 e. The number of para-hydroxylation sites is 2. The first kappa shape index (κ1) is 33.0. The highest BCUT2D eigenvalue weighted by Gasteiger charge is 2.28. The van der Waals surface area contributed by atoms with Gasteiger partial charge in [0.05, 0.1) is 47.2 Å². The summed E-state index contributed by atoms with van der Waals surface area (Å²) in [6.07, 6.45) is 0. The molecule has 0 radical (unpaired) electrons. The minimum atomic E-state index is 0.436. The van der Waals surface area contributed by atoms with Gasteiger partial charge < -0.3 is 18.6 Å². The van der Waals surface area contributed by atoms with Crippen LogP contribution in [0.15, 0.2) is 182 Å². The van der Waals surface area contributed by atoms with Crippen LogP contribution >= 0.6 is 0 Å². The van der Waals surface area contributed by atoms with Crippen LogP contribution in [0.5, 0.6) is 0 Å². The summed E-state index contributed by atoms with van der Waals surface area (Å²) in [4.78, 5) is 4.71. The van der Waals surface area contributed by atoms with Crippen molar-refractivity contribution in [1.29, 1.82) is 0 Å². The first-order chi connectivity index (χ1) is 31.3. The smallest absolute Gasteiger partial charge is 0.0653 e. The van der Waals surface area contributed by atoms with Crippen molar-refractivity contribution in [3.8, 4) is 0 Å². The van der Waals surface area contributed by atoms with E-state index in [9.17, 15) is 2.74 Å². The zero-order valence-electron chi connectivity index (χ0n) is 37.0. The van der Waals surface area contributed by atoms with E-state index in [2.05, 4.69) is 216 Å². The van der Waals surface area contributed by atoms with Crippen LogP contribution in [0.1, 0.15) is 25.0 Å². The Morgan fingerprint density at radius 3 is 0.984 bits per heavy atom. The summed E-state index contributed by atoms with van der Waals surface area (Å²) in [7, 11) is 0. The second-order valence-electron chi connectivity index (χ2n) is 17.1. The molecule has 13 rings (SSSR count). The van der Waals surface area contributed by atoms with Crippen LogP contribution in [0.2, 0.25) is 0 Å². The number of rotatable bonds is 6. The van der Waals surface area contributed by atoms with Crippen LogP contribution in [-0.4, -0.2) is 8.80 Å². The molecule has 0 spiro atoms. The van der Waals surface area contributed by atoms with E-state index in [1.165, 1.54) is 22.3 Å². The molecule has 4 heterocycles. The topological polar surface area (TPSA) is 15.3 Å². The molecule has 62 heavy (non-hydrogen) atoms. The molecular weight excluding hydrogens is 753 g/mol. The molecular formula is C58H42N4. The molecule has 0 N–H and O–H groups in total. The number of aromatic nitrogens is 2. The highest BCUT2D eigenvalue weighted by molar-refractivity contribution is 6.32. The van der Waals surface area contributed by atoms with Crippen LogP contribution in [0.4, 0.5) is 34.1 Å². The van der Waals surface area contributed by atoms with E-state index in [1.54, 1.807) is 0 Å². The van der Waals surface area contributed by atoms with Crippen LogP contribution in [0, 0.1) is 27.7 Å². The normalized spacial score (nSPS) is 12.6. The molecule has 4 aromatic heterocycles. The number of aryl methyl sites for hydroxylation is 4. The van der Waals surface area contributed by atoms with Crippen molar-refractivity contribution in [2.45, 2.75) is 27.7 Å². The van der Waals surface area contributed by atoms with Gasteiger partial charge in [-0.2, -0.15) is 0 Å². The van der Waals surface area contributed by atoms with Gasteiger partial charge in [0.25, 0.3) is 0 Å².